The van der Waals surface area contributed by atoms with Gasteiger partial charge in [-0.1, -0.05) is 12.1 Å². The Hall–Kier alpha value is -3.00. The molecule has 0 fully saturated rings. The summed E-state index contributed by atoms with van der Waals surface area (Å²) in [6, 6.07) is 12.4. The van der Waals surface area contributed by atoms with Gasteiger partial charge in [0.25, 0.3) is 0 Å². The summed E-state index contributed by atoms with van der Waals surface area (Å²) in [7, 11) is 2.07. The average molecular weight is 407 g/mol. The van der Waals surface area contributed by atoms with Crippen LogP contribution in [0.5, 0.6) is 5.88 Å². The number of aliphatic hydroxyl groups excluding tert-OH is 1. The van der Waals surface area contributed by atoms with E-state index in [-0.39, 0.29) is 6.61 Å². The Kier molecular flexibility index (Phi) is 6.53. The van der Waals surface area contributed by atoms with E-state index in [9.17, 15) is 0 Å². The van der Waals surface area contributed by atoms with Gasteiger partial charge in [-0.3, -0.25) is 4.98 Å². The second-order valence-electron chi connectivity index (χ2n) is 6.86. The fraction of sp³-hybridized carbons (Fsp3) is 0.304. The first-order valence-electron chi connectivity index (χ1n) is 9.95. The number of pyridine rings is 2. The van der Waals surface area contributed by atoms with E-state index in [1.165, 1.54) is 5.39 Å². The predicted molar refractivity (Wildman–Crippen MR) is 116 cm³/mol. The first-order chi connectivity index (χ1) is 14.8. The van der Waals surface area contributed by atoms with Gasteiger partial charge in [0.05, 0.1) is 38.6 Å². The highest BCUT2D eigenvalue weighted by Gasteiger charge is 2.10. The van der Waals surface area contributed by atoms with Crippen molar-refractivity contribution in [3.63, 3.8) is 0 Å². The van der Waals surface area contributed by atoms with Gasteiger partial charge in [-0.25, -0.2) is 4.98 Å². The number of benzene rings is 1. The number of hydrogen-bond donors (Lipinski definition) is 1. The molecule has 0 saturated heterocycles. The quantitative estimate of drug-likeness (QED) is 0.407. The number of aryl methyl sites for hydroxylation is 1. The van der Waals surface area contributed by atoms with Crippen LogP contribution in [0.3, 0.4) is 0 Å². The van der Waals surface area contributed by atoms with Gasteiger partial charge in [0, 0.05) is 48.0 Å². The molecule has 0 aliphatic heterocycles. The number of aliphatic hydroxyl groups is 1. The van der Waals surface area contributed by atoms with Crippen molar-refractivity contribution in [3.8, 4) is 17.0 Å². The van der Waals surface area contributed by atoms with Crippen LogP contribution in [0.15, 0.2) is 55.0 Å². The molecule has 7 nitrogen and oxygen atoms in total. The van der Waals surface area contributed by atoms with Crippen LogP contribution in [0, 0.1) is 0 Å². The van der Waals surface area contributed by atoms with Crippen molar-refractivity contribution in [1.29, 1.82) is 0 Å². The van der Waals surface area contributed by atoms with Crippen molar-refractivity contribution in [2.45, 2.75) is 0 Å². The molecular formula is C23H25N3O4. The molecule has 3 heterocycles. The van der Waals surface area contributed by atoms with E-state index in [1.54, 1.807) is 6.20 Å². The van der Waals surface area contributed by atoms with Crippen molar-refractivity contribution in [2.24, 2.45) is 7.05 Å². The Morgan fingerprint density at radius 3 is 2.50 bits per heavy atom. The fourth-order valence-electron chi connectivity index (χ4n) is 3.49. The topological polar surface area (TPSA) is 78.6 Å². The molecule has 30 heavy (non-hydrogen) atoms. The summed E-state index contributed by atoms with van der Waals surface area (Å²) >= 11 is 0. The third-order valence-corrected chi connectivity index (χ3v) is 4.96. The van der Waals surface area contributed by atoms with Crippen LogP contribution in [-0.4, -0.2) is 59.3 Å². The van der Waals surface area contributed by atoms with Gasteiger partial charge in [-0.2, -0.15) is 0 Å². The van der Waals surface area contributed by atoms with Crippen LogP contribution in [0.25, 0.3) is 32.9 Å². The lowest BCUT2D eigenvalue weighted by Crippen LogP contribution is -2.12. The second kappa shape index (κ2) is 9.67. The number of fused-ring (bicyclic) bond motifs is 3. The van der Waals surface area contributed by atoms with E-state index >= 15 is 0 Å². The van der Waals surface area contributed by atoms with Crippen LogP contribution in [0.1, 0.15) is 0 Å². The number of hydrogen-bond acceptors (Lipinski definition) is 6. The molecule has 0 spiro atoms. The third-order valence-electron chi connectivity index (χ3n) is 4.96. The molecule has 0 atom stereocenters. The summed E-state index contributed by atoms with van der Waals surface area (Å²) in [5, 5.41) is 11.0. The molecule has 4 rings (SSSR count). The Morgan fingerprint density at radius 1 is 0.833 bits per heavy atom. The highest BCUT2D eigenvalue weighted by Crippen LogP contribution is 2.31. The summed E-state index contributed by atoms with van der Waals surface area (Å²) in [4.78, 5) is 8.56. The largest absolute Gasteiger partial charge is 0.475 e. The lowest BCUT2D eigenvalue weighted by molar-refractivity contribution is 0.0243. The first-order valence-corrected chi connectivity index (χ1v) is 9.95. The molecule has 1 aromatic carbocycles. The zero-order valence-electron chi connectivity index (χ0n) is 17.0. The highest BCUT2D eigenvalue weighted by molar-refractivity contribution is 6.08. The molecule has 0 bridgehead atoms. The minimum atomic E-state index is 0.0236. The molecule has 0 unspecified atom stereocenters. The summed E-state index contributed by atoms with van der Waals surface area (Å²) in [5.41, 5.74) is 4.47. The van der Waals surface area contributed by atoms with Gasteiger partial charge in [0.1, 0.15) is 6.61 Å². The van der Waals surface area contributed by atoms with E-state index in [1.807, 2.05) is 30.6 Å². The Morgan fingerprint density at radius 2 is 1.63 bits per heavy atom. The van der Waals surface area contributed by atoms with Gasteiger partial charge in [-0.15, -0.1) is 0 Å². The normalized spacial score (nSPS) is 11.4. The standard InChI is InChI=1S/C23H25N3O4/c1-26-21-5-6-24-16-20(21)19-3-2-17(14-22(19)26)18-4-7-25-23(15-18)30-13-12-29-11-10-28-9-8-27/h2-7,14-16,27H,8-13H2,1H3. The van der Waals surface area contributed by atoms with Crippen molar-refractivity contribution in [3.05, 3.63) is 55.0 Å². The highest BCUT2D eigenvalue weighted by atomic mass is 16.5. The molecule has 0 saturated carbocycles. The SMILES string of the molecule is Cn1c2ccncc2c2ccc(-c3ccnc(OCCOCCOCCO)c3)cc21. The average Bonchev–Trinajstić information content (AvgIpc) is 3.08. The number of aromatic nitrogens is 3. The van der Waals surface area contributed by atoms with E-state index in [0.29, 0.717) is 38.9 Å². The molecule has 0 amide bonds. The maximum atomic E-state index is 8.64. The Labute approximate surface area is 174 Å². The zero-order chi connectivity index (χ0) is 20.8. The van der Waals surface area contributed by atoms with Gasteiger partial charge in [0.15, 0.2) is 0 Å². The summed E-state index contributed by atoms with van der Waals surface area (Å²) in [5.74, 6) is 0.564. The molecule has 7 heteroatoms. The summed E-state index contributed by atoms with van der Waals surface area (Å²) in [6.07, 6.45) is 5.49. The van der Waals surface area contributed by atoms with Crippen LogP contribution in [0.4, 0.5) is 0 Å². The molecule has 4 aromatic rings. The maximum Gasteiger partial charge on any atom is 0.213 e. The zero-order valence-corrected chi connectivity index (χ0v) is 17.0. The van der Waals surface area contributed by atoms with Gasteiger partial charge in [0.2, 0.25) is 5.88 Å². The maximum absolute atomic E-state index is 8.64. The summed E-state index contributed by atoms with van der Waals surface area (Å²) in [6.45, 7) is 2.14. The smallest absolute Gasteiger partial charge is 0.213 e. The number of ether oxygens (including phenoxy) is 3. The van der Waals surface area contributed by atoms with E-state index in [2.05, 4.69) is 39.8 Å². The van der Waals surface area contributed by atoms with Crippen molar-refractivity contribution in [1.82, 2.24) is 14.5 Å². The molecule has 0 aliphatic carbocycles. The molecule has 0 aliphatic rings. The van der Waals surface area contributed by atoms with Crippen LogP contribution in [0.2, 0.25) is 0 Å². The van der Waals surface area contributed by atoms with E-state index in [4.69, 9.17) is 19.3 Å². The minimum absolute atomic E-state index is 0.0236. The number of rotatable bonds is 10. The monoisotopic (exact) mass is 407 g/mol. The van der Waals surface area contributed by atoms with Gasteiger partial charge >= 0.3 is 0 Å². The first kappa shape index (κ1) is 20.3. The summed E-state index contributed by atoms with van der Waals surface area (Å²) < 4.78 is 18.5. The van der Waals surface area contributed by atoms with E-state index in [0.717, 1.165) is 27.5 Å². The lowest BCUT2D eigenvalue weighted by Gasteiger charge is -2.09. The van der Waals surface area contributed by atoms with Gasteiger partial charge in [-0.05, 0) is 29.3 Å². The number of nitrogens with zero attached hydrogens (tertiary/aromatic N) is 3. The van der Waals surface area contributed by atoms with Crippen molar-refractivity contribution >= 4 is 21.8 Å². The Bertz CT molecular complexity index is 1130. The molecular weight excluding hydrogens is 382 g/mol. The predicted octanol–water partition coefficient (Wildman–Crippen LogP) is 3.19. The lowest BCUT2D eigenvalue weighted by atomic mass is 10.0. The molecule has 156 valence electrons. The van der Waals surface area contributed by atoms with Gasteiger partial charge < -0.3 is 23.9 Å². The van der Waals surface area contributed by atoms with Crippen molar-refractivity contribution < 1.29 is 19.3 Å². The van der Waals surface area contributed by atoms with Crippen LogP contribution >= 0.6 is 0 Å². The second-order valence-corrected chi connectivity index (χ2v) is 6.86. The molecule has 3 aromatic heterocycles. The molecule has 1 N–H and O–H groups in total. The van der Waals surface area contributed by atoms with Crippen molar-refractivity contribution in [2.75, 3.05) is 39.6 Å². The van der Waals surface area contributed by atoms with Crippen LogP contribution < -0.4 is 4.74 Å². The fourth-order valence-corrected chi connectivity index (χ4v) is 3.49. The molecule has 0 radical (unpaired) electrons. The van der Waals surface area contributed by atoms with Crippen LogP contribution in [-0.2, 0) is 16.5 Å². The van der Waals surface area contributed by atoms with E-state index < -0.39 is 0 Å². The Balaban J connectivity index is 1.43. The minimum Gasteiger partial charge on any atom is -0.475 e. The third kappa shape index (κ3) is 4.43.